The number of esters is 2. The van der Waals surface area contributed by atoms with Crippen LogP contribution < -0.4 is 16.2 Å². The molecular formula is C31H25FN4O6S. The minimum Gasteiger partial charge on any atom is -0.457 e. The van der Waals surface area contributed by atoms with Gasteiger partial charge in [-0.05, 0) is 68.0 Å². The Morgan fingerprint density at radius 3 is 2.65 bits per heavy atom. The second-order valence-corrected chi connectivity index (χ2v) is 10.7. The molecule has 2 aromatic heterocycles. The lowest BCUT2D eigenvalue weighted by molar-refractivity contribution is -0.190. The van der Waals surface area contributed by atoms with E-state index in [1.54, 1.807) is 17.6 Å². The topological polar surface area (TPSA) is 129 Å². The monoisotopic (exact) mass is 600 g/mol. The van der Waals surface area contributed by atoms with Crippen molar-refractivity contribution in [2.75, 3.05) is 0 Å². The van der Waals surface area contributed by atoms with E-state index in [0.29, 0.717) is 17.9 Å². The number of hydrogen-bond donors (Lipinski definition) is 2. The van der Waals surface area contributed by atoms with Gasteiger partial charge < -0.3 is 19.4 Å². The summed E-state index contributed by atoms with van der Waals surface area (Å²) < 4.78 is 26.0. The van der Waals surface area contributed by atoms with Gasteiger partial charge in [0, 0.05) is 22.1 Å². The molecule has 12 heteroatoms. The first-order valence-electron chi connectivity index (χ1n) is 13.5. The number of nitrogens with one attached hydrogen (secondary N) is 2. The molecule has 4 aromatic rings. The van der Waals surface area contributed by atoms with Gasteiger partial charge in [0.15, 0.2) is 5.11 Å². The molecule has 2 atom stereocenters. The minimum atomic E-state index is -1.89. The summed E-state index contributed by atoms with van der Waals surface area (Å²) in [6.07, 6.45) is -0.00998. The highest BCUT2D eigenvalue weighted by atomic mass is 32.1. The van der Waals surface area contributed by atoms with Crippen molar-refractivity contribution in [3.63, 3.8) is 0 Å². The van der Waals surface area contributed by atoms with E-state index in [2.05, 4.69) is 10.6 Å². The molecule has 2 aliphatic rings. The summed E-state index contributed by atoms with van der Waals surface area (Å²) in [6, 6.07) is 15.0. The Balaban J connectivity index is 1.28. The highest BCUT2D eigenvalue weighted by Crippen LogP contribution is 2.41. The van der Waals surface area contributed by atoms with E-state index in [-0.39, 0.29) is 40.4 Å². The maximum Gasteiger partial charge on any atom is 0.355 e. The van der Waals surface area contributed by atoms with E-state index in [0.717, 1.165) is 28.6 Å². The van der Waals surface area contributed by atoms with E-state index in [1.165, 1.54) is 19.1 Å². The number of carbonyl (C=O) groups excluding carboxylic acids is 3. The number of benzene rings is 2. The molecule has 2 aliphatic heterocycles. The van der Waals surface area contributed by atoms with Crippen LogP contribution in [0.5, 0.6) is 0 Å². The molecule has 4 heterocycles. The number of ether oxygens (including phenoxy) is 2. The van der Waals surface area contributed by atoms with Crippen molar-refractivity contribution < 1.29 is 28.2 Å². The Morgan fingerprint density at radius 1 is 1.16 bits per heavy atom. The number of hydrogen-bond acceptors (Lipinski definition) is 8. The summed E-state index contributed by atoms with van der Waals surface area (Å²) in [5.74, 6) is -2.77. The number of cyclic esters (lactones) is 1. The van der Waals surface area contributed by atoms with Gasteiger partial charge in [-0.15, -0.1) is 0 Å². The highest BCUT2D eigenvalue weighted by molar-refractivity contribution is 7.80. The fraction of sp³-hybridized carbons (Fsp3) is 0.226. The second kappa shape index (κ2) is 10.7. The first-order chi connectivity index (χ1) is 20.6. The van der Waals surface area contributed by atoms with Gasteiger partial charge in [-0.25, -0.2) is 19.0 Å². The van der Waals surface area contributed by atoms with Gasteiger partial charge in [-0.1, -0.05) is 25.1 Å². The van der Waals surface area contributed by atoms with Crippen molar-refractivity contribution in [3.05, 3.63) is 99.1 Å². The molecule has 43 heavy (non-hydrogen) atoms. The van der Waals surface area contributed by atoms with Gasteiger partial charge in [0.2, 0.25) is 5.60 Å². The van der Waals surface area contributed by atoms with Crippen LogP contribution in [0.15, 0.2) is 65.5 Å². The van der Waals surface area contributed by atoms with Crippen LogP contribution in [0.3, 0.4) is 0 Å². The number of aromatic nitrogens is 2. The number of carbonyl (C=O) groups is 3. The summed E-state index contributed by atoms with van der Waals surface area (Å²) in [6.45, 7) is 3.15. The van der Waals surface area contributed by atoms with Crippen LogP contribution in [0.25, 0.3) is 22.3 Å². The van der Waals surface area contributed by atoms with E-state index >= 15 is 0 Å². The number of halogens is 1. The molecule has 0 radical (unpaired) electrons. The quantitative estimate of drug-likeness (QED) is 0.230. The predicted octanol–water partition coefficient (Wildman–Crippen LogP) is 3.46. The standard InChI is InChI=1S/C31H25FN4O6S/c1-3-31(42-28(39)16(2)33-30(43)35-26(37)17-8-10-20(32)11-9-17)22-13-24-25-19(12-18-6-4-5-7-23(18)34-25)14-36(24)27(38)21(22)15-41-29(31)40/h4-13,16H,3,14-15H2,1-2H3,(H2,33,35,37,43)/t16-,31-/m0/s1. The molecular weight excluding hydrogens is 575 g/mol. The van der Waals surface area contributed by atoms with Gasteiger partial charge in [0.25, 0.3) is 11.5 Å². The number of nitrogens with zero attached hydrogens (tertiary/aromatic N) is 2. The smallest absolute Gasteiger partial charge is 0.355 e. The largest absolute Gasteiger partial charge is 0.457 e. The maximum atomic E-state index is 13.7. The zero-order valence-corrected chi connectivity index (χ0v) is 23.9. The number of para-hydroxylation sites is 1. The first kappa shape index (κ1) is 28.2. The van der Waals surface area contributed by atoms with E-state index in [1.807, 2.05) is 30.3 Å². The molecule has 2 N–H and O–H groups in total. The summed E-state index contributed by atoms with van der Waals surface area (Å²) in [5.41, 5.74) is 1.13. The fourth-order valence-electron chi connectivity index (χ4n) is 5.41. The predicted molar refractivity (Wildman–Crippen MR) is 157 cm³/mol. The molecule has 0 fully saturated rings. The third-order valence-electron chi connectivity index (χ3n) is 7.69. The molecule has 0 saturated heterocycles. The molecule has 0 spiro atoms. The van der Waals surface area contributed by atoms with Crippen molar-refractivity contribution in [2.45, 2.75) is 45.1 Å². The lowest BCUT2D eigenvalue weighted by atomic mass is 9.85. The lowest BCUT2D eigenvalue weighted by Crippen LogP contribution is -2.52. The van der Waals surface area contributed by atoms with Gasteiger partial charge >= 0.3 is 11.9 Å². The number of amides is 1. The maximum absolute atomic E-state index is 13.7. The van der Waals surface area contributed by atoms with Crippen LogP contribution in [-0.2, 0) is 37.8 Å². The van der Waals surface area contributed by atoms with Crippen LogP contribution in [0, 0.1) is 5.82 Å². The third-order valence-corrected chi connectivity index (χ3v) is 7.91. The Kier molecular flexibility index (Phi) is 7.01. The molecule has 2 aromatic carbocycles. The van der Waals surface area contributed by atoms with E-state index < -0.39 is 35.3 Å². The van der Waals surface area contributed by atoms with Crippen molar-refractivity contribution in [3.8, 4) is 11.4 Å². The fourth-order valence-corrected chi connectivity index (χ4v) is 5.68. The number of fused-ring (bicyclic) bond motifs is 5. The van der Waals surface area contributed by atoms with Crippen LogP contribution in [0.1, 0.15) is 47.3 Å². The number of rotatable bonds is 5. The minimum absolute atomic E-state index is 0.00998. The molecule has 10 nitrogen and oxygen atoms in total. The molecule has 0 bridgehead atoms. The summed E-state index contributed by atoms with van der Waals surface area (Å²) in [7, 11) is 0. The normalized spacial score (nSPS) is 17.2. The van der Waals surface area contributed by atoms with Gasteiger partial charge in [0.1, 0.15) is 18.5 Å². The number of thiocarbonyl (C=S) groups is 1. The van der Waals surface area contributed by atoms with Crippen molar-refractivity contribution in [1.29, 1.82) is 0 Å². The molecule has 0 saturated carbocycles. The second-order valence-electron chi connectivity index (χ2n) is 10.3. The average Bonchev–Trinajstić information content (AvgIpc) is 3.35. The molecule has 218 valence electrons. The zero-order valence-electron chi connectivity index (χ0n) is 23.1. The molecule has 0 unspecified atom stereocenters. The Labute approximate surface area is 249 Å². The summed E-state index contributed by atoms with van der Waals surface area (Å²) >= 11 is 5.17. The van der Waals surface area contributed by atoms with E-state index in [9.17, 15) is 23.6 Å². The van der Waals surface area contributed by atoms with Crippen LogP contribution in [-0.4, -0.2) is 38.6 Å². The Bertz CT molecular complexity index is 1910. The van der Waals surface area contributed by atoms with Crippen LogP contribution in [0.4, 0.5) is 4.39 Å². The van der Waals surface area contributed by atoms with E-state index in [4.69, 9.17) is 26.7 Å². The van der Waals surface area contributed by atoms with Gasteiger partial charge in [-0.3, -0.25) is 14.9 Å². The average molecular weight is 601 g/mol. The number of pyridine rings is 2. The molecule has 1 amide bonds. The SMILES string of the molecule is CC[C@@]1(OC(=O)[C@H](C)NC(=S)NC(=O)c2ccc(F)cc2)C(=O)OCc2c1cc1n(c2=O)Cc2cc3ccccc3nc2-1. The van der Waals surface area contributed by atoms with Crippen molar-refractivity contribution in [1.82, 2.24) is 20.2 Å². The van der Waals surface area contributed by atoms with Crippen LogP contribution in [0.2, 0.25) is 0 Å². The zero-order chi connectivity index (χ0) is 30.5. The third kappa shape index (κ3) is 4.83. The Morgan fingerprint density at radius 2 is 1.91 bits per heavy atom. The van der Waals surface area contributed by atoms with Gasteiger partial charge in [-0.2, -0.15) is 0 Å². The van der Waals surface area contributed by atoms with Crippen molar-refractivity contribution >= 4 is 46.1 Å². The summed E-state index contributed by atoms with van der Waals surface area (Å²) in [4.78, 5) is 57.5. The molecule has 6 rings (SSSR count). The first-order valence-corrected chi connectivity index (χ1v) is 14.0. The summed E-state index contributed by atoms with van der Waals surface area (Å²) in [5, 5.41) is 5.85. The van der Waals surface area contributed by atoms with Gasteiger partial charge in [0.05, 0.1) is 29.0 Å². The lowest BCUT2D eigenvalue weighted by Gasteiger charge is -2.36. The van der Waals surface area contributed by atoms with Crippen molar-refractivity contribution in [2.24, 2.45) is 0 Å². The van der Waals surface area contributed by atoms with Crippen LogP contribution >= 0.6 is 12.2 Å². The molecule has 0 aliphatic carbocycles. The Hall–Kier alpha value is -4.97. The highest BCUT2D eigenvalue weighted by Gasteiger charge is 2.51.